The Morgan fingerprint density at radius 3 is 2.54 bits per heavy atom. The molecule has 3 aliphatic rings. The summed E-state index contributed by atoms with van der Waals surface area (Å²) in [5.41, 5.74) is 2.88. The lowest BCUT2D eigenvalue weighted by Crippen LogP contribution is -2.47. The van der Waals surface area contributed by atoms with Crippen LogP contribution in [0.2, 0.25) is 0 Å². The zero-order valence-electron chi connectivity index (χ0n) is 14.0. The van der Waals surface area contributed by atoms with Gasteiger partial charge in [0.05, 0.1) is 6.61 Å². The van der Waals surface area contributed by atoms with Crippen molar-refractivity contribution in [1.82, 2.24) is 10.2 Å². The summed E-state index contributed by atoms with van der Waals surface area (Å²) in [6.07, 6.45) is 3.43. The van der Waals surface area contributed by atoms with Gasteiger partial charge in [-0.3, -0.25) is 4.90 Å². The Bertz CT molecular complexity index is 500. The number of benzene rings is 1. The zero-order valence-corrected chi connectivity index (χ0v) is 15.7. The lowest BCUT2D eigenvalue weighted by Gasteiger charge is -2.41. The van der Waals surface area contributed by atoms with E-state index in [2.05, 4.69) is 28.4 Å². The van der Waals surface area contributed by atoms with Gasteiger partial charge in [-0.25, -0.2) is 0 Å². The van der Waals surface area contributed by atoms with Crippen molar-refractivity contribution in [2.24, 2.45) is 5.92 Å². The Balaban J connectivity index is 0.00000104. The van der Waals surface area contributed by atoms with Crippen molar-refractivity contribution in [3.63, 3.8) is 0 Å². The smallest absolute Gasteiger partial charge is 0.122 e. The van der Waals surface area contributed by atoms with E-state index in [4.69, 9.17) is 9.47 Å². The lowest BCUT2D eigenvalue weighted by molar-refractivity contribution is 0.0213. The normalized spacial score (nSPS) is 22.7. The first kappa shape index (κ1) is 19.8. The molecule has 0 aliphatic carbocycles. The van der Waals surface area contributed by atoms with Crippen molar-refractivity contribution >= 4 is 24.8 Å². The Morgan fingerprint density at radius 1 is 1.04 bits per heavy atom. The van der Waals surface area contributed by atoms with Crippen molar-refractivity contribution in [3.8, 4) is 5.75 Å². The molecule has 4 nitrogen and oxygen atoms in total. The highest BCUT2D eigenvalue weighted by molar-refractivity contribution is 5.85. The van der Waals surface area contributed by atoms with Crippen LogP contribution < -0.4 is 10.1 Å². The second kappa shape index (κ2) is 9.25. The highest BCUT2D eigenvalue weighted by Gasteiger charge is 2.31. The maximum atomic E-state index is 5.68. The van der Waals surface area contributed by atoms with Crippen molar-refractivity contribution in [1.29, 1.82) is 0 Å². The van der Waals surface area contributed by atoms with Crippen LogP contribution in [0, 0.1) is 5.92 Å². The van der Waals surface area contributed by atoms with Crippen molar-refractivity contribution < 1.29 is 9.47 Å². The first-order chi connectivity index (χ1) is 10.9. The van der Waals surface area contributed by atoms with Crippen LogP contribution in [0.4, 0.5) is 0 Å². The number of hydrogen-bond acceptors (Lipinski definition) is 4. The van der Waals surface area contributed by atoms with E-state index in [1.165, 1.54) is 24.0 Å². The fraction of sp³-hybridized carbons (Fsp3) is 0.667. The predicted octanol–water partition coefficient (Wildman–Crippen LogP) is 2.84. The number of nitrogens with one attached hydrogen (secondary N) is 1. The van der Waals surface area contributed by atoms with E-state index >= 15 is 0 Å². The number of fused-ring (bicyclic) bond motifs is 1. The molecule has 1 N–H and O–H groups in total. The molecule has 0 saturated carbocycles. The van der Waals surface area contributed by atoms with E-state index in [-0.39, 0.29) is 24.8 Å². The van der Waals surface area contributed by atoms with Gasteiger partial charge in [-0.15, -0.1) is 24.8 Å². The van der Waals surface area contributed by atoms with Gasteiger partial charge in [0.2, 0.25) is 0 Å². The Hall–Kier alpha value is -0.520. The molecule has 1 aromatic carbocycles. The Morgan fingerprint density at radius 2 is 1.79 bits per heavy atom. The minimum absolute atomic E-state index is 0. The molecule has 2 fully saturated rings. The Labute approximate surface area is 157 Å². The first-order valence-corrected chi connectivity index (χ1v) is 8.70. The number of ether oxygens (including phenoxy) is 2. The van der Waals surface area contributed by atoms with E-state index in [0.29, 0.717) is 12.0 Å². The molecule has 0 bridgehead atoms. The van der Waals surface area contributed by atoms with Crippen LogP contribution in [0.25, 0.3) is 0 Å². The van der Waals surface area contributed by atoms with E-state index in [0.717, 1.165) is 58.2 Å². The van der Waals surface area contributed by atoms with Crippen molar-refractivity contribution in [2.75, 3.05) is 46.0 Å². The number of rotatable bonds is 3. The monoisotopic (exact) mass is 374 g/mol. The maximum Gasteiger partial charge on any atom is 0.122 e. The summed E-state index contributed by atoms with van der Waals surface area (Å²) >= 11 is 0. The molecule has 0 amide bonds. The second-order valence-electron chi connectivity index (χ2n) is 6.65. The summed E-state index contributed by atoms with van der Waals surface area (Å²) < 4.78 is 11.3. The van der Waals surface area contributed by atoms with E-state index in [9.17, 15) is 0 Å². The summed E-state index contributed by atoms with van der Waals surface area (Å²) in [4.78, 5) is 2.68. The van der Waals surface area contributed by atoms with Gasteiger partial charge in [0.25, 0.3) is 0 Å². The van der Waals surface area contributed by atoms with Crippen LogP contribution in [0.15, 0.2) is 18.2 Å². The van der Waals surface area contributed by atoms with Crippen LogP contribution in [0.5, 0.6) is 5.75 Å². The van der Waals surface area contributed by atoms with Gasteiger partial charge in [-0.2, -0.15) is 0 Å². The third kappa shape index (κ3) is 4.17. The lowest BCUT2D eigenvalue weighted by atomic mass is 9.85. The van der Waals surface area contributed by atoms with Crippen LogP contribution >= 0.6 is 24.8 Å². The van der Waals surface area contributed by atoms with E-state index in [1.54, 1.807) is 0 Å². The first-order valence-electron chi connectivity index (χ1n) is 8.70. The molecule has 3 aliphatic heterocycles. The van der Waals surface area contributed by atoms with Crippen molar-refractivity contribution in [3.05, 3.63) is 29.3 Å². The van der Waals surface area contributed by atoms with Crippen LogP contribution in [-0.4, -0.2) is 50.9 Å². The molecular formula is C18H28Cl2N2O2. The van der Waals surface area contributed by atoms with E-state index in [1.807, 2.05) is 0 Å². The molecule has 1 aromatic rings. The average Bonchev–Trinajstić information content (AvgIpc) is 3.05. The maximum absolute atomic E-state index is 5.68. The number of nitrogens with zero attached hydrogens (tertiary/aromatic N) is 1. The number of piperazine rings is 1. The van der Waals surface area contributed by atoms with Gasteiger partial charge >= 0.3 is 0 Å². The Kier molecular flexibility index (Phi) is 7.63. The largest absolute Gasteiger partial charge is 0.493 e. The number of hydrogen-bond donors (Lipinski definition) is 1. The third-order valence-electron chi connectivity index (χ3n) is 5.31. The molecule has 136 valence electrons. The fourth-order valence-electron chi connectivity index (χ4n) is 4.16. The minimum Gasteiger partial charge on any atom is -0.493 e. The fourth-order valence-corrected chi connectivity index (χ4v) is 4.16. The van der Waals surface area contributed by atoms with Gasteiger partial charge in [0.1, 0.15) is 5.75 Å². The molecule has 24 heavy (non-hydrogen) atoms. The van der Waals surface area contributed by atoms with Gasteiger partial charge in [-0.1, -0.05) is 12.1 Å². The standard InChI is InChI=1S/C18H26N2O2.2ClH/c1-2-17-15(5-12-22-17)13-16(1)18(14-3-10-21-11-4-14)20-8-6-19-7-9-20;;/h1-2,13-14,18-19H,3-12H2;2*1H/t18-;;/m1../s1. The second-order valence-corrected chi connectivity index (χ2v) is 6.65. The summed E-state index contributed by atoms with van der Waals surface area (Å²) in [6.45, 7) is 7.18. The van der Waals surface area contributed by atoms with Crippen LogP contribution in [0.3, 0.4) is 0 Å². The van der Waals surface area contributed by atoms with Crippen LogP contribution in [0.1, 0.15) is 30.0 Å². The molecule has 0 aromatic heterocycles. The van der Waals surface area contributed by atoms with Gasteiger partial charge in [-0.05, 0) is 36.0 Å². The molecule has 0 spiro atoms. The topological polar surface area (TPSA) is 33.7 Å². The summed E-state index contributed by atoms with van der Waals surface area (Å²) in [5.74, 6) is 1.81. The number of halogens is 2. The predicted molar refractivity (Wildman–Crippen MR) is 101 cm³/mol. The van der Waals surface area contributed by atoms with Gasteiger partial charge in [0, 0.05) is 51.9 Å². The van der Waals surface area contributed by atoms with Crippen LogP contribution in [-0.2, 0) is 11.2 Å². The van der Waals surface area contributed by atoms with Crippen molar-refractivity contribution in [2.45, 2.75) is 25.3 Å². The SMILES string of the molecule is Cl.Cl.c1cc2c(cc1[C@@H](C1CCOCC1)N1CCNCC1)CCO2. The van der Waals surface area contributed by atoms with Gasteiger partial charge in [0.15, 0.2) is 0 Å². The van der Waals surface area contributed by atoms with E-state index < -0.39 is 0 Å². The molecule has 0 radical (unpaired) electrons. The average molecular weight is 375 g/mol. The molecule has 1 atom stereocenters. The highest BCUT2D eigenvalue weighted by Crippen LogP contribution is 2.38. The molecule has 2 saturated heterocycles. The highest BCUT2D eigenvalue weighted by atomic mass is 35.5. The third-order valence-corrected chi connectivity index (χ3v) is 5.31. The zero-order chi connectivity index (χ0) is 14.8. The molecule has 3 heterocycles. The summed E-state index contributed by atoms with van der Waals surface area (Å²) in [6, 6.07) is 7.43. The molecular weight excluding hydrogens is 347 g/mol. The summed E-state index contributed by atoms with van der Waals surface area (Å²) in [5, 5.41) is 3.48. The summed E-state index contributed by atoms with van der Waals surface area (Å²) in [7, 11) is 0. The quantitative estimate of drug-likeness (QED) is 0.881. The minimum atomic E-state index is 0. The molecule has 4 rings (SSSR count). The molecule has 6 heteroatoms. The molecule has 0 unspecified atom stereocenters. The van der Waals surface area contributed by atoms with Gasteiger partial charge < -0.3 is 14.8 Å².